The first-order chi connectivity index (χ1) is 5.65. The van der Waals surface area contributed by atoms with E-state index in [9.17, 15) is 0 Å². The second-order valence-corrected chi connectivity index (χ2v) is 3.11. The van der Waals surface area contributed by atoms with Crippen LogP contribution in [0.1, 0.15) is 13.8 Å². The van der Waals surface area contributed by atoms with Crippen LogP contribution < -0.4 is 11.6 Å². The van der Waals surface area contributed by atoms with E-state index in [1.807, 2.05) is 18.4 Å². The molecule has 1 aliphatic heterocycles. The number of allylic oxidation sites excluding steroid dienone is 3. The highest BCUT2D eigenvalue weighted by atomic mass is 15.4. The minimum Gasteiger partial charge on any atom is -0.403 e. The fraction of sp³-hybridized carbons (Fsp3) is 0.333. The van der Waals surface area contributed by atoms with Crippen LogP contribution in [0.15, 0.2) is 35.8 Å². The Hall–Kier alpha value is -1.22. The fourth-order valence-electron chi connectivity index (χ4n) is 1.04. The Morgan fingerprint density at radius 2 is 2.17 bits per heavy atom. The van der Waals surface area contributed by atoms with E-state index < -0.39 is 0 Å². The van der Waals surface area contributed by atoms with Gasteiger partial charge in [0.15, 0.2) is 0 Å². The van der Waals surface area contributed by atoms with Gasteiger partial charge < -0.3 is 5.73 Å². The summed E-state index contributed by atoms with van der Waals surface area (Å²) >= 11 is 0. The van der Waals surface area contributed by atoms with Crippen molar-refractivity contribution in [3.05, 3.63) is 35.8 Å². The summed E-state index contributed by atoms with van der Waals surface area (Å²) in [4.78, 5) is 0. The molecule has 1 rings (SSSR count). The van der Waals surface area contributed by atoms with Crippen LogP contribution in [0.3, 0.4) is 0 Å². The minimum atomic E-state index is 0.505. The Labute approximate surface area is 73.0 Å². The molecule has 1 heterocycles. The Kier molecular flexibility index (Phi) is 2.55. The summed E-state index contributed by atoms with van der Waals surface area (Å²) in [5, 5.41) is 1.51. The van der Waals surface area contributed by atoms with Gasteiger partial charge in [0.1, 0.15) is 0 Å². The number of hydrogen-bond donors (Lipinski definition) is 2. The fourth-order valence-corrected chi connectivity index (χ4v) is 1.04. The van der Waals surface area contributed by atoms with Crippen molar-refractivity contribution in [3.8, 4) is 0 Å². The van der Waals surface area contributed by atoms with Gasteiger partial charge in [-0.2, -0.15) is 0 Å². The van der Waals surface area contributed by atoms with Crippen molar-refractivity contribution in [2.45, 2.75) is 13.8 Å². The zero-order valence-corrected chi connectivity index (χ0v) is 7.49. The van der Waals surface area contributed by atoms with Gasteiger partial charge in [0.05, 0.1) is 5.70 Å². The van der Waals surface area contributed by atoms with Gasteiger partial charge in [-0.05, 0) is 23.6 Å². The van der Waals surface area contributed by atoms with Crippen molar-refractivity contribution in [3.63, 3.8) is 0 Å². The topological polar surface area (TPSA) is 55.3 Å². The molecule has 12 heavy (non-hydrogen) atoms. The molecule has 0 spiro atoms. The van der Waals surface area contributed by atoms with Gasteiger partial charge in [-0.25, -0.2) is 5.84 Å². The molecule has 0 radical (unpaired) electrons. The minimum absolute atomic E-state index is 0.505. The number of nitrogens with zero attached hydrogens (tertiary/aromatic N) is 1. The lowest BCUT2D eigenvalue weighted by molar-refractivity contribution is 0.497. The van der Waals surface area contributed by atoms with Gasteiger partial charge >= 0.3 is 0 Å². The smallest absolute Gasteiger partial charge is 0.0725 e. The maximum Gasteiger partial charge on any atom is 0.0725 e. The molecular weight excluding hydrogens is 150 g/mol. The van der Waals surface area contributed by atoms with E-state index in [1.54, 1.807) is 0 Å². The molecule has 0 bridgehead atoms. The molecule has 0 saturated heterocycles. The van der Waals surface area contributed by atoms with Crippen LogP contribution in [0, 0.1) is 5.92 Å². The van der Waals surface area contributed by atoms with Crippen LogP contribution >= 0.6 is 0 Å². The van der Waals surface area contributed by atoms with Crippen molar-refractivity contribution < 1.29 is 0 Å². The quantitative estimate of drug-likeness (QED) is 0.571. The van der Waals surface area contributed by atoms with Crippen LogP contribution in [0.2, 0.25) is 0 Å². The molecule has 66 valence electrons. The molecule has 0 saturated carbocycles. The SMILES string of the molecule is CC(C)C1=C/C(=C/N)N(N)C=C1. The highest BCUT2D eigenvalue weighted by Gasteiger charge is 2.08. The summed E-state index contributed by atoms with van der Waals surface area (Å²) in [5.74, 6) is 6.11. The lowest BCUT2D eigenvalue weighted by Gasteiger charge is -2.21. The van der Waals surface area contributed by atoms with Crippen molar-refractivity contribution in [1.29, 1.82) is 0 Å². The summed E-state index contributed by atoms with van der Waals surface area (Å²) < 4.78 is 0. The molecule has 0 unspecified atom stereocenters. The van der Waals surface area contributed by atoms with E-state index in [2.05, 4.69) is 13.8 Å². The number of hydrogen-bond acceptors (Lipinski definition) is 3. The van der Waals surface area contributed by atoms with Gasteiger partial charge in [-0.15, -0.1) is 0 Å². The lowest BCUT2D eigenvalue weighted by Crippen LogP contribution is -2.26. The second kappa shape index (κ2) is 3.45. The zero-order valence-electron chi connectivity index (χ0n) is 7.49. The molecule has 0 amide bonds. The number of rotatable bonds is 1. The molecule has 4 N–H and O–H groups in total. The maximum absolute atomic E-state index is 5.61. The van der Waals surface area contributed by atoms with Crippen molar-refractivity contribution >= 4 is 0 Å². The van der Waals surface area contributed by atoms with Gasteiger partial charge in [0.2, 0.25) is 0 Å². The average molecular weight is 165 g/mol. The van der Waals surface area contributed by atoms with Crippen molar-refractivity contribution in [1.82, 2.24) is 5.01 Å². The predicted octanol–water partition coefficient (Wildman–Crippen LogP) is 1.07. The van der Waals surface area contributed by atoms with Crippen LogP contribution in [-0.4, -0.2) is 5.01 Å². The average Bonchev–Trinajstić information content (AvgIpc) is 2.05. The monoisotopic (exact) mass is 165 g/mol. The first kappa shape index (κ1) is 8.87. The van der Waals surface area contributed by atoms with Crippen LogP contribution in [0.5, 0.6) is 0 Å². The summed E-state index contributed by atoms with van der Waals surface area (Å²) in [6.45, 7) is 4.27. The first-order valence-corrected chi connectivity index (χ1v) is 4.00. The van der Waals surface area contributed by atoms with Crippen LogP contribution in [-0.2, 0) is 0 Å². The number of hydrazine groups is 1. The highest BCUT2D eigenvalue weighted by molar-refractivity contribution is 5.34. The third-order valence-electron chi connectivity index (χ3n) is 1.88. The Morgan fingerprint density at radius 1 is 1.50 bits per heavy atom. The largest absolute Gasteiger partial charge is 0.403 e. The zero-order chi connectivity index (χ0) is 9.14. The van der Waals surface area contributed by atoms with E-state index in [0.29, 0.717) is 5.92 Å². The summed E-state index contributed by atoms with van der Waals surface area (Å²) in [7, 11) is 0. The van der Waals surface area contributed by atoms with Crippen LogP contribution in [0.4, 0.5) is 0 Å². The van der Waals surface area contributed by atoms with Crippen LogP contribution in [0.25, 0.3) is 0 Å². The highest BCUT2D eigenvalue weighted by Crippen LogP contribution is 2.19. The van der Waals surface area contributed by atoms with Gasteiger partial charge in [0.25, 0.3) is 0 Å². The second-order valence-electron chi connectivity index (χ2n) is 3.11. The summed E-state index contributed by atoms with van der Waals surface area (Å²) in [6.07, 6.45) is 7.31. The van der Waals surface area contributed by atoms with E-state index in [-0.39, 0.29) is 0 Å². The Morgan fingerprint density at radius 3 is 2.67 bits per heavy atom. The third kappa shape index (κ3) is 1.68. The van der Waals surface area contributed by atoms with E-state index in [0.717, 1.165) is 5.70 Å². The van der Waals surface area contributed by atoms with Gasteiger partial charge in [0, 0.05) is 12.4 Å². The molecule has 0 aliphatic carbocycles. The third-order valence-corrected chi connectivity index (χ3v) is 1.88. The van der Waals surface area contributed by atoms with E-state index >= 15 is 0 Å². The molecule has 3 nitrogen and oxygen atoms in total. The van der Waals surface area contributed by atoms with Crippen molar-refractivity contribution in [2.24, 2.45) is 17.5 Å². The normalized spacial score (nSPS) is 20.5. The lowest BCUT2D eigenvalue weighted by atomic mass is 10.0. The van der Waals surface area contributed by atoms with Gasteiger partial charge in [-0.3, -0.25) is 5.01 Å². The van der Waals surface area contributed by atoms with E-state index in [1.165, 1.54) is 16.8 Å². The Bertz CT molecular complexity index is 248. The molecular formula is C9H15N3. The summed E-state index contributed by atoms with van der Waals surface area (Å²) in [6, 6.07) is 0. The van der Waals surface area contributed by atoms with Crippen molar-refractivity contribution in [2.75, 3.05) is 0 Å². The standard InChI is InChI=1S/C9H15N3/c1-7(2)8-3-4-12(11)9(5-8)6-10/h3-7H,10-11H2,1-2H3/b9-6-. The molecule has 0 aromatic rings. The molecule has 0 atom stereocenters. The van der Waals surface area contributed by atoms with E-state index in [4.69, 9.17) is 11.6 Å². The number of nitrogens with two attached hydrogens (primary N) is 2. The molecule has 1 aliphatic rings. The molecule has 0 aromatic heterocycles. The Balaban J connectivity index is 2.89. The molecule has 3 heteroatoms. The maximum atomic E-state index is 5.61. The van der Waals surface area contributed by atoms with Gasteiger partial charge in [-0.1, -0.05) is 13.8 Å². The first-order valence-electron chi connectivity index (χ1n) is 4.00. The molecule has 0 aromatic carbocycles. The molecule has 0 fully saturated rings. The summed E-state index contributed by atoms with van der Waals surface area (Å²) in [5.41, 5.74) is 7.47. The predicted molar refractivity (Wildman–Crippen MR) is 50.4 cm³/mol.